The molecule has 0 atom stereocenters. The molecule has 14 heavy (non-hydrogen) atoms. The van der Waals surface area contributed by atoms with Crippen molar-refractivity contribution in [2.45, 2.75) is 0 Å². The van der Waals surface area contributed by atoms with Crippen molar-refractivity contribution in [3.8, 4) is 0 Å². The Bertz CT molecular complexity index is 313. The summed E-state index contributed by atoms with van der Waals surface area (Å²) in [5.74, 6) is -0.0667. The van der Waals surface area contributed by atoms with Crippen molar-refractivity contribution in [1.29, 1.82) is 0 Å². The van der Waals surface area contributed by atoms with Crippen molar-refractivity contribution in [2.75, 3.05) is 11.9 Å². The zero-order chi connectivity index (χ0) is 10.6. The predicted molar refractivity (Wildman–Crippen MR) is 49.7 cm³/mol. The van der Waals surface area contributed by atoms with E-state index in [9.17, 15) is 0 Å². The molecule has 0 spiro atoms. The molecule has 0 amide bonds. The topological polar surface area (TPSA) is 98.2 Å². The molecule has 0 saturated heterocycles. The van der Waals surface area contributed by atoms with E-state index in [-0.39, 0.29) is 11.3 Å². The van der Waals surface area contributed by atoms with Gasteiger partial charge in [0.25, 0.3) is 0 Å². The van der Waals surface area contributed by atoms with Crippen LogP contribution < -0.4 is 10.6 Å². The quantitative estimate of drug-likeness (QED) is 0.346. The first-order valence-corrected chi connectivity index (χ1v) is 3.77. The van der Waals surface area contributed by atoms with E-state index in [0.717, 1.165) is 0 Å². The summed E-state index contributed by atoms with van der Waals surface area (Å²) in [6.07, 6.45) is 3.19. The van der Waals surface area contributed by atoms with E-state index < -0.39 is 0 Å². The van der Waals surface area contributed by atoms with Crippen LogP contribution in [0.1, 0.15) is 0 Å². The second kappa shape index (κ2) is 4.40. The molecule has 1 heterocycles. The van der Waals surface area contributed by atoms with Crippen LogP contribution in [0.3, 0.4) is 0 Å². The fraction of sp³-hybridized carbons (Fsp3) is 0.143. The second-order valence-corrected chi connectivity index (χ2v) is 2.50. The molecule has 0 saturated carbocycles. The van der Waals surface area contributed by atoms with Crippen molar-refractivity contribution in [3.63, 3.8) is 0 Å². The summed E-state index contributed by atoms with van der Waals surface area (Å²) in [6.45, 7) is 0. The van der Waals surface area contributed by atoms with Gasteiger partial charge in [0, 0.05) is 13.2 Å². The third kappa shape index (κ3) is 2.57. The van der Waals surface area contributed by atoms with Crippen molar-refractivity contribution in [3.05, 3.63) is 24.5 Å². The molecule has 0 aromatic carbocycles. The van der Waals surface area contributed by atoms with Crippen LogP contribution in [0.4, 0.5) is 5.69 Å². The zero-order valence-electron chi connectivity index (χ0n) is 7.57. The minimum Gasteiger partial charge on any atom is -0.368 e. The fourth-order valence-electron chi connectivity index (χ4n) is 0.843. The van der Waals surface area contributed by atoms with Crippen LogP contribution in [0.5, 0.6) is 0 Å². The lowest BCUT2D eigenvalue weighted by atomic mass is 10.4. The molecule has 0 aliphatic rings. The highest BCUT2D eigenvalue weighted by molar-refractivity contribution is 5.93. The molecule has 0 bridgehead atoms. The Morgan fingerprint density at radius 1 is 1.57 bits per heavy atom. The fourth-order valence-corrected chi connectivity index (χ4v) is 0.843. The molecule has 0 aliphatic heterocycles. The van der Waals surface area contributed by atoms with Crippen molar-refractivity contribution < 1.29 is 10.4 Å². The number of anilines is 1. The smallest absolute Gasteiger partial charge is 0.223 e. The van der Waals surface area contributed by atoms with E-state index >= 15 is 0 Å². The average molecular weight is 197 g/mol. The van der Waals surface area contributed by atoms with Gasteiger partial charge in [0.15, 0.2) is 0 Å². The maximum atomic E-state index is 8.40. The molecular weight excluding hydrogens is 186 g/mol. The van der Waals surface area contributed by atoms with Gasteiger partial charge in [-0.2, -0.15) is 0 Å². The standard InChI is InChI=1S/C7H11N5O2/c1-11(7(8)10-12(13)14)6-3-2-4-9-5-6/h2-5,13-14H,1H3,(H2,8,10). The molecule has 0 radical (unpaired) electrons. The Morgan fingerprint density at radius 2 is 2.29 bits per heavy atom. The molecule has 4 N–H and O–H groups in total. The van der Waals surface area contributed by atoms with Gasteiger partial charge in [-0.15, -0.1) is 0 Å². The van der Waals surface area contributed by atoms with E-state index in [1.165, 1.54) is 4.90 Å². The number of rotatable bonds is 2. The molecular formula is C7H11N5O2. The number of nitrogens with zero attached hydrogens (tertiary/aromatic N) is 4. The molecule has 0 fully saturated rings. The Balaban J connectivity index is 2.81. The zero-order valence-corrected chi connectivity index (χ0v) is 7.57. The third-order valence-electron chi connectivity index (χ3n) is 1.57. The molecule has 7 heteroatoms. The molecule has 1 aromatic rings. The van der Waals surface area contributed by atoms with Gasteiger partial charge in [-0.3, -0.25) is 4.98 Å². The SMILES string of the molecule is CN(C(N)=NN(O)O)c1cccnc1. The Kier molecular flexibility index (Phi) is 3.21. The highest BCUT2D eigenvalue weighted by Gasteiger charge is 2.05. The normalized spacial score (nSPS) is 11.2. The average Bonchev–Trinajstić information content (AvgIpc) is 2.17. The summed E-state index contributed by atoms with van der Waals surface area (Å²) in [6, 6.07) is 3.49. The summed E-state index contributed by atoms with van der Waals surface area (Å²) in [5.41, 5.74) is 6.13. The van der Waals surface area contributed by atoms with E-state index in [1.54, 1.807) is 31.6 Å². The Hall–Kier alpha value is -1.86. The van der Waals surface area contributed by atoms with Crippen LogP contribution in [0.15, 0.2) is 29.6 Å². The second-order valence-electron chi connectivity index (χ2n) is 2.50. The van der Waals surface area contributed by atoms with E-state index in [2.05, 4.69) is 10.1 Å². The summed E-state index contributed by atoms with van der Waals surface area (Å²) in [7, 11) is 1.62. The van der Waals surface area contributed by atoms with Gasteiger partial charge in [-0.05, 0) is 17.5 Å². The van der Waals surface area contributed by atoms with Crippen LogP contribution in [0.2, 0.25) is 0 Å². The molecule has 0 aliphatic carbocycles. The lowest BCUT2D eigenvalue weighted by molar-refractivity contribution is -0.307. The van der Waals surface area contributed by atoms with Crippen LogP contribution in [0.25, 0.3) is 0 Å². The summed E-state index contributed by atoms with van der Waals surface area (Å²) >= 11 is 0. The largest absolute Gasteiger partial charge is 0.368 e. The number of aromatic nitrogens is 1. The van der Waals surface area contributed by atoms with Gasteiger partial charge in [0.05, 0.1) is 11.9 Å². The van der Waals surface area contributed by atoms with Crippen molar-refractivity contribution >= 4 is 11.6 Å². The lowest BCUT2D eigenvalue weighted by Gasteiger charge is -2.17. The first kappa shape index (κ1) is 10.2. The van der Waals surface area contributed by atoms with Gasteiger partial charge in [-0.1, -0.05) is 5.10 Å². The number of pyridine rings is 1. The Morgan fingerprint density at radius 3 is 2.79 bits per heavy atom. The number of nitrogens with two attached hydrogens (primary N) is 1. The minimum atomic E-state index is -0.345. The van der Waals surface area contributed by atoms with Crippen molar-refractivity contribution in [1.82, 2.24) is 10.3 Å². The lowest BCUT2D eigenvalue weighted by Crippen LogP contribution is -2.35. The molecule has 1 aromatic heterocycles. The molecule has 7 nitrogen and oxygen atoms in total. The van der Waals surface area contributed by atoms with Gasteiger partial charge in [-0.25, -0.2) is 10.4 Å². The van der Waals surface area contributed by atoms with Gasteiger partial charge >= 0.3 is 0 Å². The van der Waals surface area contributed by atoms with Crippen LogP contribution in [0, 0.1) is 0 Å². The minimum absolute atomic E-state index is 0.0667. The first-order chi connectivity index (χ1) is 6.61. The third-order valence-corrected chi connectivity index (χ3v) is 1.57. The monoisotopic (exact) mass is 197 g/mol. The Labute approximate surface area is 80.6 Å². The van der Waals surface area contributed by atoms with Crippen LogP contribution in [-0.4, -0.2) is 33.7 Å². The number of hydrazone groups is 1. The summed E-state index contributed by atoms with van der Waals surface area (Å²) < 4.78 is 0. The maximum absolute atomic E-state index is 8.40. The molecule has 0 unspecified atom stereocenters. The van der Waals surface area contributed by atoms with E-state index in [0.29, 0.717) is 5.69 Å². The maximum Gasteiger partial charge on any atom is 0.223 e. The van der Waals surface area contributed by atoms with Crippen molar-refractivity contribution in [2.24, 2.45) is 10.8 Å². The summed E-state index contributed by atoms with van der Waals surface area (Å²) in [4.78, 5) is 5.33. The van der Waals surface area contributed by atoms with Gasteiger partial charge in [0.1, 0.15) is 0 Å². The molecule has 76 valence electrons. The summed E-state index contributed by atoms with van der Waals surface area (Å²) in [5, 5.41) is 19.6. The van der Waals surface area contributed by atoms with E-state index in [4.69, 9.17) is 16.1 Å². The first-order valence-electron chi connectivity index (χ1n) is 3.77. The highest BCUT2D eigenvalue weighted by atomic mass is 16.8. The number of guanidine groups is 1. The predicted octanol–water partition coefficient (Wildman–Crippen LogP) is -0.172. The number of hydrogen-bond donors (Lipinski definition) is 3. The molecule has 1 rings (SSSR count). The number of hydrogen-bond acceptors (Lipinski definition) is 5. The van der Waals surface area contributed by atoms with Crippen LogP contribution >= 0.6 is 0 Å². The van der Waals surface area contributed by atoms with E-state index in [1.807, 2.05) is 0 Å². The van der Waals surface area contributed by atoms with Gasteiger partial charge in [0.2, 0.25) is 5.96 Å². The highest BCUT2D eigenvalue weighted by Crippen LogP contribution is 2.08. The van der Waals surface area contributed by atoms with Gasteiger partial charge < -0.3 is 10.6 Å². The van der Waals surface area contributed by atoms with Crippen LogP contribution in [-0.2, 0) is 0 Å².